The van der Waals surface area contributed by atoms with Gasteiger partial charge in [0.25, 0.3) is 0 Å². The van der Waals surface area contributed by atoms with Crippen LogP contribution in [-0.4, -0.2) is 25.7 Å². The molecule has 0 aromatic carbocycles. The highest BCUT2D eigenvalue weighted by Crippen LogP contribution is 2.16. The summed E-state index contributed by atoms with van der Waals surface area (Å²) in [6.45, 7) is 2.11. The average Bonchev–Trinajstić information content (AvgIpc) is 2.75. The van der Waals surface area contributed by atoms with Gasteiger partial charge in [-0.2, -0.15) is 10.2 Å². The van der Waals surface area contributed by atoms with E-state index in [1.807, 2.05) is 6.07 Å². The summed E-state index contributed by atoms with van der Waals surface area (Å²) in [6.07, 6.45) is 2.79. The van der Waals surface area contributed by atoms with Crippen molar-refractivity contribution in [1.82, 2.24) is 20.0 Å². The number of hydrogen-bond acceptors (Lipinski definition) is 4. The van der Waals surface area contributed by atoms with Crippen LogP contribution in [0.25, 0.3) is 5.82 Å². The summed E-state index contributed by atoms with van der Waals surface area (Å²) in [4.78, 5) is 11.6. The van der Waals surface area contributed by atoms with Crippen LogP contribution in [0, 0.1) is 0 Å². The third-order valence-corrected chi connectivity index (χ3v) is 3.30. The molecule has 17 heavy (non-hydrogen) atoms. The van der Waals surface area contributed by atoms with Gasteiger partial charge < -0.3 is 0 Å². The Kier molecular flexibility index (Phi) is 3.86. The van der Waals surface area contributed by atoms with Crippen molar-refractivity contribution in [2.24, 2.45) is 0 Å². The van der Waals surface area contributed by atoms with Crippen LogP contribution in [-0.2, 0) is 0 Å². The largest absolute Gasteiger partial charge is 0.286 e. The van der Waals surface area contributed by atoms with E-state index in [1.165, 1.54) is 10.7 Å². The maximum atomic E-state index is 11.6. The predicted molar refractivity (Wildman–Crippen MR) is 68.0 cm³/mol. The second-order valence-electron chi connectivity index (χ2n) is 3.35. The highest BCUT2D eigenvalue weighted by Gasteiger charge is 2.07. The van der Waals surface area contributed by atoms with Crippen molar-refractivity contribution in [3.05, 3.63) is 33.7 Å². The van der Waals surface area contributed by atoms with E-state index in [4.69, 9.17) is 11.6 Å². The third-order valence-electron chi connectivity index (χ3n) is 1.98. The summed E-state index contributed by atoms with van der Waals surface area (Å²) >= 11 is 7.27. The number of aromatic amines is 1. The number of nitrogens with one attached hydrogen (secondary N) is 1. The number of thioether (sulfide) groups is 1. The maximum absolute atomic E-state index is 11.6. The van der Waals surface area contributed by atoms with Crippen molar-refractivity contribution >= 4 is 23.4 Å². The van der Waals surface area contributed by atoms with Crippen molar-refractivity contribution in [1.29, 1.82) is 0 Å². The molecule has 0 radical (unpaired) electrons. The molecule has 0 aliphatic heterocycles. The molecule has 0 atom stereocenters. The van der Waals surface area contributed by atoms with E-state index in [2.05, 4.69) is 22.2 Å². The van der Waals surface area contributed by atoms with Crippen LogP contribution in [0.1, 0.15) is 13.3 Å². The minimum absolute atomic E-state index is 0.214. The molecule has 2 aromatic rings. The number of rotatable bonds is 4. The molecule has 2 heterocycles. The van der Waals surface area contributed by atoms with Gasteiger partial charge in [0, 0.05) is 12.3 Å². The van der Waals surface area contributed by atoms with Crippen molar-refractivity contribution < 1.29 is 0 Å². The molecule has 5 nitrogen and oxygen atoms in total. The zero-order valence-corrected chi connectivity index (χ0v) is 10.8. The quantitative estimate of drug-likeness (QED) is 0.865. The maximum Gasteiger partial charge on any atom is 0.227 e. The van der Waals surface area contributed by atoms with Gasteiger partial charge >= 0.3 is 0 Å². The molecule has 0 saturated heterocycles. The molecular formula is C10H11ClN4OS. The molecule has 90 valence electrons. The molecule has 0 amide bonds. The second-order valence-corrected chi connectivity index (χ2v) is 4.87. The summed E-state index contributed by atoms with van der Waals surface area (Å²) in [5.41, 5.74) is -0.260. The summed E-state index contributed by atoms with van der Waals surface area (Å²) in [7, 11) is 0. The van der Waals surface area contributed by atoms with Crippen molar-refractivity contribution in [3.8, 4) is 5.82 Å². The molecular weight excluding hydrogens is 260 g/mol. The van der Waals surface area contributed by atoms with Crippen molar-refractivity contribution in [2.75, 3.05) is 5.75 Å². The number of aromatic nitrogens is 4. The predicted octanol–water partition coefficient (Wildman–Crippen LogP) is 2.11. The van der Waals surface area contributed by atoms with Gasteiger partial charge in [0.1, 0.15) is 10.2 Å². The lowest BCUT2D eigenvalue weighted by Gasteiger charge is -1.98. The van der Waals surface area contributed by atoms with Gasteiger partial charge in [-0.1, -0.05) is 18.5 Å². The number of hydrogen-bond donors (Lipinski definition) is 1. The van der Waals surface area contributed by atoms with Crippen LogP contribution < -0.4 is 5.43 Å². The number of H-pyrrole nitrogens is 1. The zero-order chi connectivity index (χ0) is 12.3. The first-order valence-electron chi connectivity index (χ1n) is 5.14. The lowest BCUT2D eigenvalue weighted by molar-refractivity contribution is 0.778. The summed E-state index contributed by atoms with van der Waals surface area (Å²) < 4.78 is 1.45. The molecule has 1 N–H and O–H groups in total. The van der Waals surface area contributed by atoms with Gasteiger partial charge in [0.15, 0.2) is 0 Å². The van der Waals surface area contributed by atoms with Crippen LogP contribution in [0.15, 0.2) is 28.2 Å². The fourth-order valence-corrected chi connectivity index (χ4v) is 2.10. The SMILES string of the molecule is CCCSc1ccn(-c2n[nH]c(Cl)cc2=O)n1. The monoisotopic (exact) mass is 270 g/mol. The van der Waals surface area contributed by atoms with E-state index in [0.29, 0.717) is 0 Å². The second kappa shape index (κ2) is 5.37. The van der Waals surface area contributed by atoms with Crippen LogP contribution in [0.5, 0.6) is 0 Å². The third kappa shape index (κ3) is 2.89. The molecule has 0 spiro atoms. The first-order chi connectivity index (χ1) is 8.20. The Morgan fingerprint density at radius 1 is 1.59 bits per heavy atom. The molecule has 0 saturated carbocycles. The number of halogens is 1. The normalized spacial score (nSPS) is 10.7. The van der Waals surface area contributed by atoms with E-state index < -0.39 is 0 Å². The van der Waals surface area contributed by atoms with Crippen LogP contribution in [0.4, 0.5) is 0 Å². The fourth-order valence-electron chi connectivity index (χ4n) is 1.25. The van der Waals surface area contributed by atoms with Crippen LogP contribution in [0.2, 0.25) is 5.15 Å². The topological polar surface area (TPSA) is 63.6 Å². The lowest BCUT2D eigenvalue weighted by atomic mass is 10.5. The van der Waals surface area contributed by atoms with E-state index in [0.717, 1.165) is 17.2 Å². The van der Waals surface area contributed by atoms with Crippen molar-refractivity contribution in [2.45, 2.75) is 18.4 Å². The standard InChI is InChI=1S/C10H11ClN4OS/c1-2-5-17-9-3-4-15(14-9)10-7(16)6-8(11)12-13-10/h3-4,6H,2,5H2,1H3,(H,12,16). The molecule has 7 heteroatoms. The Morgan fingerprint density at radius 2 is 2.41 bits per heavy atom. The van der Waals surface area contributed by atoms with Gasteiger partial charge in [0.05, 0.1) is 0 Å². The first kappa shape index (κ1) is 12.2. The van der Waals surface area contributed by atoms with Gasteiger partial charge in [-0.3, -0.25) is 9.89 Å². The smallest absolute Gasteiger partial charge is 0.227 e. The Labute approximate surface area is 107 Å². The molecule has 0 fully saturated rings. The highest BCUT2D eigenvalue weighted by atomic mass is 35.5. The van der Waals surface area contributed by atoms with E-state index in [9.17, 15) is 4.79 Å². The van der Waals surface area contributed by atoms with Gasteiger partial charge in [-0.25, -0.2) is 4.68 Å². The van der Waals surface area contributed by atoms with Gasteiger partial charge in [-0.05, 0) is 18.2 Å². The lowest BCUT2D eigenvalue weighted by Crippen LogP contribution is -2.14. The Bertz CT molecular complexity index is 565. The molecule has 0 aliphatic carbocycles. The zero-order valence-electron chi connectivity index (χ0n) is 9.18. The van der Waals surface area contributed by atoms with E-state index in [1.54, 1.807) is 18.0 Å². The molecule has 0 aliphatic rings. The summed E-state index contributed by atoms with van der Waals surface area (Å²) in [5.74, 6) is 1.22. The van der Waals surface area contributed by atoms with E-state index >= 15 is 0 Å². The summed E-state index contributed by atoms with van der Waals surface area (Å²) in [5, 5.41) is 11.8. The van der Waals surface area contributed by atoms with Gasteiger partial charge in [0.2, 0.25) is 11.2 Å². The van der Waals surface area contributed by atoms with E-state index in [-0.39, 0.29) is 16.4 Å². The fraction of sp³-hybridized carbons (Fsp3) is 0.300. The molecule has 0 unspecified atom stereocenters. The Balaban J connectivity index is 2.27. The minimum Gasteiger partial charge on any atom is -0.286 e. The van der Waals surface area contributed by atoms with Crippen LogP contribution >= 0.6 is 23.4 Å². The van der Waals surface area contributed by atoms with Gasteiger partial charge in [-0.15, -0.1) is 11.8 Å². The number of nitrogens with zero attached hydrogens (tertiary/aromatic N) is 3. The summed E-state index contributed by atoms with van der Waals surface area (Å²) in [6, 6.07) is 3.14. The highest BCUT2D eigenvalue weighted by molar-refractivity contribution is 7.99. The molecule has 2 aromatic heterocycles. The molecule has 0 bridgehead atoms. The first-order valence-corrected chi connectivity index (χ1v) is 6.51. The average molecular weight is 271 g/mol. The van der Waals surface area contributed by atoms with Crippen LogP contribution in [0.3, 0.4) is 0 Å². The Morgan fingerprint density at radius 3 is 3.12 bits per heavy atom. The minimum atomic E-state index is -0.260. The molecule has 2 rings (SSSR count). The van der Waals surface area contributed by atoms with Crippen molar-refractivity contribution in [3.63, 3.8) is 0 Å². The Hall–Kier alpha value is -1.27.